The van der Waals surface area contributed by atoms with Gasteiger partial charge in [0.25, 0.3) is 0 Å². The van der Waals surface area contributed by atoms with E-state index in [1.54, 1.807) is 0 Å². The number of carbonyl (C=O) groups is 1. The van der Waals surface area contributed by atoms with Crippen LogP contribution in [0.1, 0.15) is 61.8 Å². The Labute approximate surface area is 170 Å². The lowest BCUT2D eigenvalue weighted by Crippen LogP contribution is -2.66. The van der Waals surface area contributed by atoms with Gasteiger partial charge in [-0.05, 0) is 64.7 Å². The van der Waals surface area contributed by atoms with Gasteiger partial charge in [-0.15, -0.1) is 0 Å². The molecule has 1 N–H and O–H groups in total. The molecule has 0 aromatic heterocycles. The summed E-state index contributed by atoms with van der Waals surface area (Å²) in [5.74, 6) is -0.407. The molecular weight excluding hydrogens is 376 g/mol. The molecule has 0 bridgehead atoms. The normalized spacial score (nSPS) is 23.8. The van der Waals surface area contributed by atoms with Crippen LogP contribution in [0, 0.1) is 0 Å². The SMILES string of the molecule is CC(C)(C)OC(=O)[C@]1([C@H](CCN=[N+]=[N-])O[Si](C)(C)C(C)(C)C)COC(C)(C)N1. The molecule has 0 aliphatic carbocycles. The number of carbonyl (C=O) groups excluding carboxylic acids is 1. The molecule has 0 radical (unpaired) electrons. The van der Waals surface area contributed by atoms with Crippen molar-refractivity contribution in [3.8, 4) is 0 Å². The maximum atomic E-state index is 13.3. The quantitative estimate of drug-likeness (QED) is 0.217. The van der Waals surface area contributed by atoms with E-state index in [0.717, 1.165) is 0 Å². The first-order valence-electron chi connectivity index (χ1n) is 9.81. The zero-order valence-corrected chi connectivity index (χ0v) is 20.2. The van der Waals surface area contributed by atoms with E-state index >= 15 is 0 Å². The van der Waals surface area contributed by atoms with E-state index in [4.69, 9.17) is 19.4 Å². The smallest absolute Gasteiger partial charge is 0.332 e. The Morgan fingerprint density at radius 2 is 1.86 bits per heavy atom. The minimum absolute atomic E-state index is 0.0478. The summed E-state index contributed by atoms with van der Waals surface area (Å²) in [6, 6.07) is 0. The molecule has 162 valence electrons. The van der Waals surface area contributed by atoms with E-state index < -0.39 is 37.3 Å². The summed E-state index contributed by atoms with van der Waals surface area (Å²) in [6.07, 6.45) is -0.155. The van der Waals surface area contributed by atoms with Crippen molar-refractivity contribution >= 4 is 14.3 Å². The molecule has 0 aromatic rings. The lowest BCUT2D eigenvalue weighted by atomic mass is 9.90. The Morgan fingerprint density at radius 1 is 1.29 bits per heavy atom. The molecule has 1 heterocycles. The van der Waals surface area contributed by atoms with E-state index in [2.05, 4.69) is 49.2 Å². The maximum Gasteiger partial charge on any atom is 0.332 e. The van der Waals surface area contributed by atoms with Gasteiger partial charge in [0.05, 0.1) is 12.7 Å². The number of rotatable bonds is 7. The Kier molecular flexibility index (Phi) is 7.40. The molecule has 8 nitrogen and oxygen atoms in total. The van der Waals surface area contributed by atoms with Crippen molar-refractivity contribution in [3.63, 3.8) is 0 Å². The second-order valence-electron chi connectivity index (χ2n) is 10.5. The summed E-state index contributed by atoms with van der Waals surface area (Å²) >= 11 is 0. The molecule has 0 amide bonds. The maximum absolute atomic E-state index is 13.3. The fourth-order valence-corrected chi connectivity index (χ4v) is 4.23. The summed E-state index contributed by atoms with van der Waals surface area (Å²) in [4.78, 5) is 16.2. The summed E-state index contributed by atoms with van der Waals surface area (Å²) in [7, 11) is -2.23. The highest BCUT2D eigenvalue weighted by Gasteiger charge is 2.58. The van der Waals surface area contributed by atoms with E-state index in [1.807, 2.05) is 34.6 Å². The largest absolute Gasteiger partial charge is 0.458 e. The van der Waals surface area contributed by atoms with Crippen molar-refractivity contribution in [1.82, 2.24) is 5.32 Å². The molecular formula is C19H38N4O4Si. The van der Waals surface area contributed by atoms with E-state index in [-0.39, 0.29) is 18.2 Å². The summed E-state index contributed by atoms with van der Waals surface area (Å²) in [6.45, 7) is 20.3. The molecule has 0 aromatic carbocycles. The van der Waals surface area contributed by atoms with Crippen LogP contribution in [0.5, 0.6) is 0 Å². The zero-order chi connectivity index (χ0) is 22.0. The number of esters is 1. The van der Waals surface area contributed by atoms with Gasteiger partial charge in [-0.25, -0.2) is 4.79 Å². The molecule has 1 saturated heterocycles. The highest BCUT2D eigenvalue weighted by Crippen LogP contribution is 2.41. The number of nitrogens with zero attached hydrogens (tertiary/aromatic N) is 3. The number of hydrogen-bond acceptors (Lipinski definition) is 6. The van der Waals surface area contributed by atoms with Crippen LogP contribution in [-0.2, 0) is 18.7 Å². The number of ether oxygens (including phenoxy) is 2. The highest BCUT2D eigenvalue weighted by atomic mass is 28.4. The summed E-state index contributed by atoms with van der Waals surface area (Å²) in [5, 5.41) is 6.96. The number of azide groups is 1. The molecule has 2 atom stereocenters. The lowest BCUT2D eigenvalue weighted by molar-refractivity contribution is -0.167. The highest BCUT2D eigenvalue weighted by molar-refractivity contribution is 6.74. The first-order valence-corrected chi connectivity index (χ1v) is 12.7. The van der Waals surface area contributed by atoms with Crippen molar-refractivity contribution in [2.75, 3.05) is 13.2 Å². The molecule has 0 spiro atoms. The van der Waals surface area contributed by atoms with E-state index in [1.165, 1.54) is 0 Å². The third kappa shape index (κ3) is 6.19. The van der Waals surface area contributed by atoms with Gasteiger partial charge in [0.1, 0.15) is 11.3 Å². The van der Waals surface area contributed by atoms with Crippen LogP contribution in [0.25, 0.3) is 10.4 Å². The van der Waals surface area contributed by atoms with Gasteiger partial charge in [0, 0.05) is 11.5 Å². The van der Waals surface area contributed by atoms with Gasteiger partial charge in [0.15, 0.2) is 13.9 Å². The molecule has 28 heavy (non-hydrogen) atoms. The van der Waals surface area contributed by atoms with Crippen molar-refractivity contribution in [3.05, 3.63) is 10.4 Å². The number of hydrogen-bond donors (Lipinski definition) is 1. The van der Waals surface area contributed by atoms with Crippen LogP contribution in [0.3, 0.4) is 0 Å². The average molecular weight is 415 g/mol. The Hall–Kier alpha value is -1.12. The van der Waals surface area contributed by atoms with Crippen LogP contribution in [0.2, 0.25) is 18.1 Å². The standard InChI is InChI=1S/C19H38N4O4Si/c1-16(2,3)26-15(24)19(13-25-18(7,8)22-19)14(11-12-21-23-20)27-28(9,10)17(4,5)6/h14,22H,11-13H2,1-10H3/t14-,19+/m0/s1. The summed E-state index contributed by atoms with van der Waals surface area (Å²) in [5.41, 5.74) is 6.19. The van der Waals surface area contributed by atoms with Gasteiger partial charge < -0.3 is 13.9 Å². The third-order valence-corrected chi connectivity index (χ3v) is 9.78. The van der Waals surface area contributed by atoms with Crippen molar-refractivity contribution in [2.24, 2.45) is 5.11 Å². The average Bonchev–Trinajstić information content (AvgIpc) is 2.80. The van der Waals surface area contributed by atoms with Crippen molar-refractivity contribution in [2.45, 2.75) is 103 Å². The molecule has 0 saturated carbocycles. The number of nitrogens with one attached hydrogen (secondary N) is 1. The predicted octanol–water partition coefficient (Wildman–Crippen LogP) is 4.51. The molecule has 1 fully saturated rings. The minimum Gasteiger partial charge on any atom is -0.458 e. The van der Waals surface area contributed by atoms with Gasteiger partial charge in [-0.3, -0.25) is 5.32 Å². The molecule has 1 aliphatic heterocycles. The van der Waals surface area contributed by atoms with E-state index in [9.17, 15) is 4.79 Å². The lowest BCUT2D eigenvalue weighted by Gasteiger charge is -2.44. The fraction of sp³-hybridized carbons (Fsp3) is 0.947. The molecule has 9 heteroatoms. The van der Waals surface area contributed by atoms with Crippen LogP contribution in [0.15, 0.2) is 5.11 Å². The monoisotopic (exact) mass is 414 g/mol. The first kappa shape index (κ1) is 24.9. The van der Waals surface area contributed by atoms with Gasteiger partial charge in [0.2, 0.25) is 0 Å². The van der Waals surface area contributed by atoms with Gasteiger partial charge >= 0.3 is 5.97 Å². The van der Waals surface area contributed by atoms with Crippen LogP contribution < -0.4 is 5.32 Å². The first-order chi connectivity index (χ1) is 12.5. The topological polar surface area (TPSA) is 106 Å². The fourth-order valence-electron chi connectivity index (χ4n) is 2.85. The molecule has 1 aliphatic rings. The van der Waals surface area contributed by atoms with E-state index in [0.29, 0.717) is 6.42 Å². The molecule has 1 rings (SSSR count). The Morgan fingerprint density at radius 3 is 2.25 bits per heavy atom. The second kappa shape index (κ2) is 8.32. The van der Waals surface area contributed by atoms with Crippen LogP contribution in [-0.4, -0.2) is 50.4 Å². The Balaban J connectivity index is 3.38. The molecule has 0 unspecified atom stereocenters. The van der Waals surface area contributed by atoms with Crippen LogP contribution >= 0.6 is 0 Å². The summed E-state index contributed by atoms with van der Waals surface area (Å²) < 4.78 is 18.3. The third-order valence-electron chi connectivity index (χ3n) is 5.30. The Bertz CT molecular complexity index is 618. The van der Waals surface area contributed by atoms with Crippen molar-refractivity contribution in [1.29, 1.82) is 0 Å². The van der Waals surface area contributed by atoms with Gasteiger partial charge in [-0.1, -0.05) is 25.9 Å². The predicted molar refractivity (Wildman–Crippen MR) is 112 cm³/mol. The van der Waals surface area contributed by atoms with Crippen LogP contribution in [0.4, 0.5) is 0 Å². The minimum atomic E-state index is -2.23. The zero-order valence-electron chi connectivity index (χ0n) is 19.2. The van der Waals surface area contributed by atoms with Gasteiger partial charge in [-0.2, -0.15) is 0 Å². The second-order valence-corrected chi connectivity index (χ2v) is 15.3. The van der Waals surface area contributed by atoms with Crippen molar-refractivity contribution < 1.29 is 18.7 Å².